The molecule has 2 fully saturated rings. The van der Waals surface area contributed by atoms with Crippen LogP contribution in [0, 0.1) is 35.6 Å². The molecule has 2 aromatic heterocycles. The van der Waals surface area contributed by atoms with Gasteiger partial charge in [0, 0.05) is 96.6 Å². The van der Waals surface area contributed by atoms with Crippen LogP contribution in [0.15, 0.2) is 72.9 Å². The number of likely N-dealkylation sites (N-methyl/N-ethyl adjacent to an activating group) is 1. The number of carbonyl (C=O) groups is 3. The number of nitrogens with zero attached hydrogens (tertiary/aromatic N) is 3. The summed E-state index contributed by atoms with van der Waals surface area (Å²) in [6.45, 7) is 5.96. The molecule has 0 bridgehead atoms. The molecule has 3 aromatic carbocycles. The molecule has 0 saturated carbocycles. The molecule has 1 spiro atoms. The van der Waals surface area contributed by atoms with E-state index in [1.165, 1.54) is 0 Å². The van der Waals surface area contributed by atoms with Gasteiger partial charge < -0.3 is 25.2 Å². The molecule has 8 rings (SSSR count). The lowest BCUT2D eigenvalue weighted by atomic mass is 9.73. The van der Waals surface area contributed by atoms with Crippen LogP contribution in [0.4, 0.5) is 40.4 Å². The quantitative estimate of drug-likeness (QED) is 0.132. The second-order valence-electron chi connectivity index (χ2n) is 14.0. The monoisotopic (exact) mass is 771 g/mol. The van der Waals surface area contributed by atoms with Crippen molar-refractivity contribution in [2.45, 2.75) is 26.2 Å². The second kappa shape index (κ2) is 15.6. The number of hydrogen-bond acceptors (Lipinski definition) is 8. The summed E-state index contributed by atoms with van der Waals surface area (Å²) >= 11 is 0.930. The summed E-state index contributed by atoms with van der Waals surface area (Å²) in [7, 11) is 1.90. The summed E-state index contributed by atoms with van der Waals surface area (Å²) in [6, 6.07) is 17.0. The predicted octanol–water partition coefficient (Wildman–Crippen LogP) is 8.29. The van der Waals surface area contributed by atoms with E-state index in [0.29, 0.717) is 57.8 Å². The molecule has 0 aliphatic carbocycles. The van der Waals surface area contributed by atoms with Gasteiger partial charge in [-0.15, -0.1) is 11.3 Å². The zero-order chi connectivity index (χ0) is 38.9. The van der Waals surface area contributed by atoms with Gasteiger partial charge in [-0.3, -0.25) is 14.4 Å². The van der Waals surface area contributed by atoms with Crippen LogP contribution < -0.4 is 20.4 Å². The fraction of sp³-hybridized carbons (Fsp3) is 0.268. The van der Waals surface area contributed by atoms with E-state index in [0.717, 1.165) is 79.4 Å². The third-order valence-corrected chi connectivity index (χ3v) is 11.3. The average molecular weight is 772 g/mol. The van der Waals surface area contributed by atoms with Gasteiger partial charge in [0.15, 0.2) is 17.5 Å². The number of anilines is 4. The summed E-state index contributed by atoms with van der Waals surface area (Å²) in [5.41, 5.74) is 4.35. The Kier molecular flexibility index (Phi) is 10.7. The van der Waals surface area contributed by atoms with Crippen LogP contribution in [0.25, 0.3) is 10.4 Å². The molecule has 14 heteroatoms. The number of benzene rings is 3. The molecule has 0 unspecified atom stereocenters. The Labute approximate surface area is 318 Å². The molecule has 3 aliphatic rings. The molecule has 9 nitrogen and oxygen atoms in total. The average Bonchev–Trinajstić information content (AvgIpc) is 3.42. The third-order valence-electron chi connectivity index (χ3n) is 10.1. The summed E-state index contributed by atoms with van der Waals surface area (Å²) in [6.07, 6.45) is 5.11. The van der Waals surface area contributed by atoms with Gasteiger partial charge in [0.05, 0.1) is 5.56 Å². The van der Waals surface area contributed by atoms with Gasteiger partial charge in [0.2, 0.25) is 0 Å². The molecule has 0 atom stereocenters. The first kappa shape index (κ1) is 37.7. The number of halogens is 4. The minimum atomic E-state index is -1.27. The highest BCUT2D eigenvalue weighted by molar-refractivity contribution is 7.17. The zero-order valence-electron chi connectivity index (χ0n) is 30.1. The van der Waals surface area contributed by atoms with E-state index in [2.05, 4.69) is 15.2 Å². The molecule has 2 amide bonds. The summed E-state index contributed by atoms with van der Waals surface area (Å²) in [4.78, 5) is 45.3. The Morgan fingerprint density at radius 2 is 1.62 bits per heavy atom. The van der Waals surface area contributed by atoms with Gasteiger partial charge in [-0.1, -0.05) is 18.2 Å². The molecule has 2 saturated heterocycles. The van der Waals surface area contributed by atoms with E-state index >= 15 is 4.39 Å². The lowest BCUT2D eigenvalue weighted by molar-refractivity contribution is -0.000511. The lowest BCUT2D eigenvalue weighted by Crippen LogP contribution is -2.59. The lowest BCUT2D eigenvalue weighted by Gasteiger charge is -2.53. The van der Waals surface area contributed by atoms with Gasteiger partial charge in [-0.2, -0.15) is 0 Å². The fourth-order valence-corrected chi connectivity index (χ4v) is 8.28. The highest BCUT2D eigenvalue weighted by Crippen LogP contribution is 2.44. The van der Waals surface area contributed by atoms with E-state index < -0.39 is 34.9 Å². The number of rotatable bonds is 6. The molecular formula is C41H37F4N5O4S. The van der Waals surface area contributed by atoms with Crippen molar-refractivity contribution in [2.75, 3.05) is 60.3 Å². The smallest absolute Gasteiger partial charge is 0.268 e. The van der Waals surface area contributed by atoms with E-state index in [1.807, 2.05) is 54.5 Å². The first-order valence-corrected chi connectivity index (χ1v) is 18.5. The summed E-state index contributed by atoms with van der Waals surface area (Å²) in [5.74, 6) is -4.78. The topological polar surface area (TPSA) is 104 Å². The van der Waals surface area contributed by atoms with Crippen molar-refractivity contribution in [1.29, 1.82) is 0 Å². The molecule has 2 N–H and O–H groups in total. The van der Waals surface area contributed by atoms with Gasteiger partial charge in [-0.25, -0.2) is 22.5 Å². The number of para-hydroxylation sites is 1. The van der Waals surface area contributed by atoms with Crippen LogP contribution in [-0.2, 0) is 11.2 Å². The highest BCUT2D eigenvalue weighted by atomic mass is 32.1. The predicted molar refractivity (Wildman–Crippen MR) is 204 cm³/mol. The van der Waals surface area contributed by atoms with Crippen LogP contribution in [0.3, 0.4) is 0 Å². The van der Waals surface area contributed by atoms with Crippen molar-refractivity contribution < 1.29 is 36.7 Å². The number of aromatic nitrogens is 1. The van der Waals surface area contributed by atoms with Crippen LogP contribution in [0.1, 0.15) is 54.4 Å². The van der Waals surface area contributed by atoms with Gasteiger partial charge in [0.1, 0.15) is 28.5 Å². The maximum atomic E-state index is 15.0. The number of fused-ring (bicyclic) bond motifs is 3. The third kappa shape index (κ3) is 7.82. The first-order chi connectivity index (χ1) is 26.4. The van der Waals surface area contributed by atoms with Crippen molar-refractivity contribution in [3.8, 4) is 10.4 Å². The zero-order valence-corrected chi connectivity index (χ0v) is 30.9. The number of amides is 2. The van der Waals surface area contributed by atoms with Crippen molar-refractivity contribution in [3.63, 3.8) is 0 Å². The van der Waals surface area contributed by atoms with E-state index in [1.54, 1.807) is 30.5 Å². The number of pyridine rings is 1. The fourth-order valence-electron chi connectivity index (χ4n) is 7.12. The van der Waals surface area contributed by atoms with E-state index in [4.69, 9.17) is 4.74 Å². The van der Waals surface area contributed by atoms with Gasteiger partial charge >= 0.3 is 0 Å². The van der Waals surface area contributed by atoms with Crippen molar-refractivity contribution in [2.24, 2.45) is 5.41 Å². The normalized spacial score (nSPS) is 15.5. The van der Waals surface area contributed by atoms with Crippen LogP contribution in [0.5, 0.6) is 0 Å². The van der Waals surface area contributed by atoms with Crippen molar-refractivity contribution in [3.05, 3.63) is 123 Å². The Morgan fingerprint density at radius 1 is 0.927 bits per heavy atom. The maximum absolute atomic E-state index is 15.0. The molecule has 3 aliphatic heterocycles. The van der Waals surface area contributed by atoms with Gasteiger partial charge in [-0.05, 0) is 68.1 Å². The minimum absolute atomic E-state index is 0.187. The Hall–Kier alpha value is -5.60. The SMILES string of the molecule is CN1CCc2c(sc(C(=O)Nc3c(F)cc(F)cc3F)c2F)-c2ccccc21.Cc1cnc(N2CC3(CCOCC3)C2)c(C(=O)Nc2ccc(C=O)cc2)c1. The standard InChI is InChI=1S/C21H23N3O3.C20H14F4N2OS/c1-15-10-18(20(26)23-17-4-2-16(12-25)3-5-17)19(22-11-15)24-13-21(14-24)6-8-27-9-7-21;1-26-7-6-12-16(24)19(28-18(12)11-4-2-3-5-15(11)26)20(27)25-17-13(22)8-10(21)9-14(17)23/h2-5,10-12H,6-9,13-14H2,1H3,(H,23,26);2-5,8-9H,6-7H2,1H3,(H,25,27). The Bertz CT molecular complexity index is 2240. The van der Waals surface area contributed by atoms with Crippen LogP contribution >= 0.6 is 11.3 Å². The number of ether oxygens (including phenoxy) is 1. The Morgan fingerprint density at radius 3 is 2.31 bits per heavy atom. The number of aryl methyl sites for hydroxylation is 1. The largest absolute Gasteiger partial charge is 0.381 e. The van der Waals surface area contributed by atoms with Gasteiger partial charge in [0.25, 0.3) is 11.8 Å². The molecular weight excluding hydrogens is 735 g/mol. The minimum Gasteiger partial charge on any atom is -0.381 e. The van der Waals surface area contributed by atoms with Crippen LogP contribution in [-0.4, -0.2) is 63.0 Å². The maximum Gasteiger partial charge on any atom is 0.268 e. The Balaban J connectivity index is 0.000000169. The highest BCUT2D eigenvalue weighted by Gasteiger charge is 2.45. The second-order valence-corrected chi connectivity index (χ2v) is 15.0. The van der Waals surface area contributed by atoms with Crippen molar-refractivity contribution in [1.82, 2.24) is 4.98 Å². The molecule has 5 aromatic rings. The molecule has 284 valence electrons. The molecule has 5 heterocycles. The number of thiophene rings is 1. The number of nitrogens with one attached hydrogen (secondary N) is 2. The number of hydrogen-bond donors (Lipinski definition) is 2. The first-order valence-electron chi connectivity index (χ1n) is 17.7. The molecule has 0 radical (unpaired) electrons. The summed E-state index contributed by atoms with van der Waals surface area (Å²) in [5, 5.41) is 4.93. The van der Waals surface area contributed by atoms with E-state index in [-0.39, 0.29) is 10.8 Å². The summed E-state index contributed by atoms with van der Waals surface area (Å²) < 4.78 is 61.2. The molecule has 55 heavy (non-hydrogen) atoms. The van der Waals surface area contributed by atoms with Crippen LogP contribution in [0.2, 0.25) is 0 Å². The van der Waals surface area contributed by atoms with Crippen molar-refractivity contribution >= 4 is 52.3 Å². The number of aldehydes is 1. The van der Waals surface area contributed by atoms with E-state index in [9.17, 15) is 27.6 Å². The number of carbonyl (C=O) groups excluding carboxylic acids is 3.